The number of thioether (sulfide) groups is 1. The SMILES string of the molecule is CCNC(=NCC(C)c1ccccc1)NCCS(=O)(=O)N1CCSCC1.I. The molecule has 154 valence electrons. The van der Waals surface area contributed by atoms with E-state index >= 15 is 0 Å². The summed E-state index contributed by atoms with van der Waals surface area (Å²) in [5.41, 5.74) is 1.25. The van der Waals surface area contributed by atoms with Gasteiger partial charge < -0.3 is 10.6 Å². The van der Waals surface area contributed by atoms with Crippen LogP contribution in [0.1, 0.15) is 25.3 Å². The van der Waals surface area contributed by atoms with Gasteiger partial charge in [0.1, 0.15) is 0 Å². The van der Waals surface area contributed by atoms with Gasteiger partial charge in [0.15, 0.2) is 5.96 Å². The Hall–Kier alpha value is -0.520. The number of aliphatic imine (C=N–C) groups is 1. The summed E-state index contributed by atoms with van der Waals surface area (Å²) in [6, 6.07) is 10.3. The van der Waals surface area contributed by atoms with E-state index in [1.54, 1.807) is 16.1 Å². The zero-order valence-electron chi connectivity index (χ0n) is 16.1. The zero-order valence-corrected chi connectivity index (χ0v) is 20.0. The number of nitrogens with one attached hydrogen (secondary N) is 2. The minimum atomic E-state index is -3.19. The molecule has 9 heteroatoms. The zero-order chi connectivity index (χ0) is 18.8. The Morgan fingerprint density at radius 1 is 1.22 bits per heavy atom. The summed E-state index contributed by atoms with van der Waals surface area (Å²) in [5, 5.41) is 6.33. The smallest absolute Gasteiger partial charge is 0.215 e. The number of hydrogen-bond acceptors (Lipinski definition) is 4. The molecule has 27 heavy (non-hydrogen) atoms. The van der Waals surface area contributed by atoms with Crippen LogP contribution in [0, 0.1) is 0 Å². The molecule has 0 radical (unpaired) electrons. The number of guanidine groups is 1. The highest BCUT2D eigenvalue weighted by Crippen LogP contribution is 2.14. The lowest BCUT2D eigenvalue weighted by atomic mass is 10.0. The summed E-state index contributed by atoms with van der Waals surface area (Å²) in [6.45, 7) is 7.13. The molecule has 2 rings (SSSR count). The lowest BCUT2D eigenvalue weighted by Gasteiger charge is -2.25. The van der Waals surface area contributed by atoms with Crippen molar-refractivity contribution in [2.24, 2.45) is 4.99 Å². The largest absolute Gasteiger partial charge is 0.357 e. The number of halogens is 1. The summed E-state index contributed by atoms with van der Waals surface area (Å²) in [7, 11) is -3.19. The molecule has 0 spiro atoms. The van der Waals surface area contributed by atoms with Crippen LogP contribution in [-0.4, -0.2) is 68.7 Å². The quantitative estimate of drug-likeness (QED) is 0.309. The lowest BCUT2D eigenvalue weighted by Crippen LogP contribution is -2.44. The molecule has 0 amide bonds. The maximum absolute atomic E-state index is 12.4. The molecular formula is C18H31IN4O2S2. The molecule has 6 nitrogen and oxygen atoms in total. The van der Waals surface area contributed by atoms with Gasteiger partial charge in [0.25, 0.3) is 0 Å². The van der Waals surface area contributed by atoms with Crippen LogP contribution in [-0.2, 0) is 10.0 Å². The molecule has 1 saturated heterocycles. The van der Waals surface area contributed by atoms with Crippen LogP contribution >= 0.6 is 35.7 Å². The Balaban J connectivity index is 0.00000364. The van der Waals surface area contributed by atoms with Gasteiger partial charge in [-0.05, 0) is 12.5 Å². The van der Waals surface area contributed by atoms with Crippen LogP contribution in [0.5, 0.6) is 0 Å². The molecule has 1 aromatic rings. The molecule has 1 atom stereocenters. The van der Waals surface area contributed by atoms with Crippen molar-refractivity contribution < 1.29 is 8.42 Å². The second-order valence-corrected chi connectivity index (χ2v) is 9.60. The fourth-order valence-electron chi connectivity index (χ4n) is 2.71. The summed E-state index contributed by atoms with van der Waals surface area (Å²) in [4.78, 5) is 4.60. The highest BCUT2D eigenvalue weighted by atomic mass is 127. The fourth-order valence-corrected chi connectivity index (χ4v) is 5.20. The second-order valence-electron chi connectivity index (χ2n) is 6.29. The van der Waals surface area contributed by atoms with E-state index in [9.17, 15) is 8.42 Å². The third kappa shape index (κ3) is 8.57. The van der Waals surface area contributed by atoms with E-state index in [0.717, 1.165) is 18.1 Å². The van der Waals surface area contributed by atoms with Crippen molar-refractivity contribution in [1.29, 1.82) is 0 Å². The maximum atomic E-state index is 12.4. The maximum Gasteiger partial charge on any atom is 0.215 e. The normalized spacial score (nSPS) is 17.0. The Bertz CT molecular complexity index is 665. The van der Waals surface area contributed by atoms with Gasteiger partial charge in [0, 0.05) is 50.1 Å². The van der Waals surface area contributed by atoms with E-state index < -0.39 is 10.0 Å². The van der Waals surface area contributed by atoms with E-state index in [1.165, 1.54) is 5.56 Å². The molecule has 1 aliphatic rings. The van der Waals surface area contributed by atoms with Crippen LogP contribution in [0.15, 0.2) is 35.3 Å². The van der Waals surface area contributed by atoms with Crippen molar-refractivity contribution in [3.8, 4) is 0 Å². The molecule has 1 aromatic carbocycles. The van der Waals surface area contributed by atoms with Crippen molar-refractivity contribution in [3.05, 3.63) is 35.9 Å². The number of rotatable bonds is 8. The predicted octanol–water partition coefficient (Wildman–Crippen LogP) is 2.34. The minimum absolute atomic E-state index is 0. The van der Waals surface area contributed by atoms with Gasteiger partial charge in [-0.15, -0.1) is 24.0 Å². The molecule has 1 unspecified atom stereocenters. The number of hydrogen-bond donors (Lipinski definition) is 2. The number of nitrogens with zero attached hydrogens (tertiary/aromatic N) is 2. The van der Waals surface area contributed by atoms with Crippen LogP contribution in [0.4, 0.5) is 0 Å². The summed E-state index contributed by atoms with van der Waals surface area (Å²) in [5.74, 6) is 2.83. The molecule has 0 aliphatic carbocycles. The molecule has 1 fully saturated rings. The van der Waals surface area contributed by atoms with Gasteiger partial charge in [-0.1, -0.05) is 37.3 Å². The molecule has 0 saturated carbocycles. The van der Waals surface area contributed by atoms with Crippen molar-refractivity contribution in [2.45, 2.75) is 19.8 Å². The second kappa shape index (κ2) is 12.8. The Morgan fingerprint density at radius 3 is 2.52 bits per heavy atom. The molecule has 1 aliphatic heterocycles. The first-order valence-electron chi connectivity index (χ1n) is 9.15. The van der Waals surface area contributed by atoms with Gasteiger partial charge in [-0.3, -0.25) is 4.99 Å². The summed E-state index contributed by atoms with van der Waals surface area (Å²) < 4.78 is 26.4. The van der Waals surface area contributed by atoms with Gasteiger partial charge in [-0.25, -0.2) is 12.7 Å². The van der Waals surface area contributed by atoms with Gasteiger partial charge >= 0.3 is 0 Å². The van der Waals surface area contributed by atoms with Crippen LogP contribution in [0.3, 0.4) is 0 Å². The fraction of sp³-hybridized carbons (Fsp3) is 0.611. The summed E-state index contributed by atoms with van der Waals surface area (Å²) in [6.07, 6.45) is 0. The van der Waals surface area contributed by atoms with Crippen molar-refractivity contribution >= 4 is 51.7 Å². The Morgan fingerprint density at radius 2 is 1.89 bits per heavy atom. The number of sulfonamides is 1. The Labute approximate surface area is 185 Å². The standard InChI is InChI=1S/C18H30N4O2S2.HI/c1-3-19-18(21-15-16(2)17-7-5-4-6-8-17)20-9-14-26(23,24)22-10-12-25-13-11-22;/h4-8,16H,3,9-15H2,1-2H3,(H2,19,20,21);1H. The van der Waals surface area contributed by atoms with Crippen molar-refractivity contribution in [2.75, 3.05) is 50.0 Å². The number of benzene rings is 1. The first kappa shape index (κ1) is 24.5. The average Bonchev–Trinajstić information content (AvgIpc) is 2.67. The third-order valence-corrected chi connectivity index (χ3v) is 7.07. The molecule has 1 heterocycles. The highest BCUT2D eigenvalue weighted by molar-refractivity contribution is 14.0. The van der Waals surface area contributed by atoms with Gasteiger partial charge in [-0.2, -0.15) is 11.8 Å². The molecule has 2 N–H and O–H groups in total. The highest BCUT2D eigenvalue weighted by Gasteiger charge is 2.23. The van der Waals surface area contributed by atoms with E-state index in [0.29, 0.717) is 38.1 Å². The third-order valence-electron chi connectivity index (χ3n) is 4.25. The predicted molar refractivity (Wildman–Crippen MR) is 127 cm³/mol. The van der Waals surface area contributed by atoms with Crippen LogP contribution in [0.2, 0.25) is 0 Å². The Kier molecular flexibility index (Phi) is 11.7. The minimum Gasteiger partial charge on any atom is -0.357 e. The van der Waals surface area contributed by atoms with E-state index in [2.05, 4.69) is 34.7 Å². The van der Waals surface area contributed by atoms with E-state index in [4.69, 9.17) is 0 Å². The topological polar surface area (TPSA) is 73.8 Å². The first-order chi connectivity index (χ1) is 12.5. The van der Waals surface area contributed by atoms with Gasteiger partial charge in [0.2, 0.25) is 10.0 Å². The van der Waals surface area contributed by atoms with Crippen LogP contribution in [0.25, 0.3) is 0 Å². The molecular weight excluding hydrogens is 495 g/mol. The first-order valence-corrected chi connectivity index (χ1v) is 11.9. The molecule has 0 aromatic heterocycles. The molecule has 0 bridgehead atoms. The van der Waals surface area contributed by atoms with Gasteiger partial charge in [0.05, 0.1) is 5.75 Å². The monoisotopic (exact) mass is 526 g/mol. The lowest BCUT2D eigenvalue weighted by molar-refractivity contribution is 0.443. The summed E-state index contributed by atoms with van der Waals surface area (Å²) >= 11 is 1.81. The van der Waals surface area contributed by atoms with E-state index in [-0.39, 0.29) is 29.7 Å². The van der Waals surface area contributed by atoms with Crippen molar-refractivity contribution in [1.82, 2.24) is 14.9 Å². The average molecular weight is 527 g/mol. The van der Waals surface area contributed by atoms with Crippen LogP contribution < -0.4 is 10.6 Å². The van der Waals surface area contributed by atoms with Crippen molar-refractivity contribution in [3.63, 3.8) is 0 Å². The van der Waals surface area contributed by atoms with E-state index in [1.807, 2.05) is 25.1 Å².